The molecule has 1 saturated heterocycles. The minimum Gasteiger partial charge on any atom is -0.333 e. The van der Waals surface area contributed by atoms with Crippen LogP contribution in [-0.2, 0) is 18.4 Å². The van der Waals surface area contributed by atoms with Crippen molar-refractivity contribution in [2.75, 3.05) is 13.6 Å². The van der Waals surface area contributed by atoms with E-state index in [-0.39, 0.29) is 18.0 Å². The van der Waals surface area contributed by atoms with E-state index in [2.05, 4.69) is 27.6 Å². The zero-order chi connectivity index (χ0) is 16.4. The maximum absolute atomic E-state index is 13.0. The Morgan fingerprint density at radius 2 is 2.39 bits per heavy atom. The Kier molecular flexibility index (Phi) is 4.77. The highest BCUT2D eigenvalue weighted by atomic mass is 32.1. The molecule has 2 aromatic heterocycles. The molecule has 1 fully saturated rings. The van der Waals surface area contributed by atoms with Crippen LogP contribution in [0.5, 0.6) is 0 Å². The third-order valence-corrected chi connectivity index (χ3v) is 5.60. The van der Waals surface area contributed by atoms with Crippen molar-refractivity contribution in [3.63, 3.8) is 0 Å². The van der Waals surface area contributed by atoms with Gasteiger partial charge >= 0.3 is 0 Å². The van der Waals surface area contributed by atoms with Crippen LogP contribution < -0.4 is 0 Å². The van der Waals surface area contributed by atoms with Gasteiger partial charge in [0.1, 0.15) is 12.2 Å². The molecule has 7 heteroatoms. The van der Waals surface area contributed by atoms with Crippen molar-refractivity contribution in [1.29, 1.82) is 0 Å². The molecule has 1 amide bonds. The van der Waals surface area contributed by atoms with Gasteiger partial charge in [-0.2, -0.15) is 5.10 Å². The van der Waals surface area contributed by atoms with E-state index in [1.165, 1.54) is 4.88 Å². The van der Waals surface area contributed by atoms with Gasteiger partial charge < -0.3 is 4.90 Å². The third-order valence-electron chi connectivity index (χ3n) is 4.62. The van der Waals surface area contributed by atoms with E-state index in [4.69, 9.17) is 0 Å². The maximum atomic E-state index is 13.0. The summed E-state index contributed by atoms with van der Waals surface area (Å²) in [7, 11) is 3.84. The topological polar surface area (TPSA) is 54.3 Å². The molecule has 0 N–H and O–H groups in total. The van der Waals surface area contributed by atoms with E-state index in [1.807, 2.05) is 30.8 Å². The number of nitrogens with zero attached hydrogens (tertiary/aromatic N) is 5. The van der Waals surface area contributed by atoms with Gasteiger partial charge in [0.15, 0.2) is 0 Å². The van der Waals surface area contributed by atoms with E-state index in [9.17, 15) is 4.79 Å². The van der Waals surface area contributed by atoms with Crippen molar-refractivity contribution in [3.05, 3.63) is 34.5 Å². The molecule has 0 spiro atoms. The van der Waals surface area contributed by atoms with Crippen molar-refractivity contribution < 1.29 is 4.79 Å². The molecular weight excluding hydrogens is 310 g/mol. The normalized spacial score (nSPS) is 19.5. The van der Waals surface area contributed by atoms with Gasteiger partial charge in [-0.05, 0) is 38.3 Å². The number of amides is 1. The first-order valence-electron chi connectivity index (χ1n) is 7.95. The maximum Gasteiger partial charge on any atom is 0.240 e. The van der Waals surface area contributed by atoms with E-state index >= 15 is 0 Å². The average molecular weight is 333 g/mol. The van der Waals surface area contributed by atoms with Gasteiger partial charge in [0.25, 0.3) is 0 Å². The minimum atomic E-state index is -0.174. The summed E-state index contributed by atoms with van der Waals surface area (Å²) >= 11 is 1.74. The summed E-state index contributed by atoms with van der Waals surface area (Å²) in [6.07, 6.45) is 3.68. The molecule has 0 aliphatic carbocycles. The number of hydrogen-bond donors (Lipinski definition) is 0. The van der Waals surface area contributed by atoms with Crippen LogP contribution in [0.15, 0.2) is 23.8 Å². The van der Waals surface area contributed by atoms with Crippen molar-refractivity contribution in [1.82, 2.24) is 24.6 Å². The zero-order valence-corrected chi connectivity index (χ0v) is 14.7. The van der Waals surface area contributed by atoms with E-state index < -0.39 is 0 Å². The molecule has 2 atom stereocenters. The first-order chi connectivity index (χ1) is 11.1. The van der Waals surface area contributed by atoms with Gasteiger partial charge in [-0.1, -0.05) is 6.07 Å². The fourth-order valence-corrected chi connectivity index (χ4v) is 3.93. The highest BCUT2D eigenvalue weighted by Crippen LogP contribution is 2.35. The van der Waals surface area contributed by atoms with Gasteiger partial charge in [-0.25, -0.2) is 4.98 Å². The molecule has 1 aliphatic rings. The van der Waals surface area contributed by atoms with Crippen molar-refractivity contribution in [3.8, 4) is 0 Å². The van der Waals surface area contributed by atoms with Crippen LogP contribution >= 0.6 is 11.3 Å². The summed E-state index contributed by atoms with van der Waals surface area (Å²) in [4.78, 5) is 22.6. The van der Waals surface area contributed by atoms with Gasteiger partial charge in [0, 0.05) is 18.5 Å². The van der Waals surface area contributed by atoms with Gasteiger partial charge in [0.2, 0.25) is 5.91 Å². The molecule has 6 nitrogen and oxygen atoms in total. The summed E-state index contributed by atoms with van der Waals surface area (Å²) in [6, 6.07) is 4.26. The second-order valence-electron chi connectivity index (χ2n) is 6.10. The van der Waals surface area contributed by atoms with Gasteiger partial charge in [-0.3, -0.25) is 14.4 Å². The fraction of sp³-hybridized carbons (Fsp3) is 0.562. The SMILES string of the molecule is C[C@@H](C(=O)N1CCC[C@@H]1c1cccs1)N(C)Cc1ncnn1C. The lowest BCUT2D eigenvalue weighted by Gasteiger charge is -2.31. The Morgan fingerprint density at radius 3 is 3.04 bits per heavy atom. The second-order valence-corrected chi connectivity index (χ2v) is 7.08. The summed E-state index contributed by atoms with van der Waals surface area (Å²) in [5.74, 6) is 1.06. The summed E-state index contributed by atoms with van der Waals surface area (Å²) < 4.78 is 1.75. The van der Waals surface area contributed by atoms with Gasteiger partial charge in [-0.15, -0.1) is 11.3 Å². The molecule has 1 aliphatic heterocycles. The van der Waals surface area contributed by atoms with Crippen LogP contribution in [0.1, 0.15) is 36.5 Å². The lowest BCUT2D eigenvalue weighted by Crippen LogP contribution is -2.45. The third kappa shape index (κ3) is 3.30. The zero-order valence-electron chi connectivity index (χ0n) is 13.8. The van der Waals surface area contributed by atoms with Crippen molar-refractivity contribution in [2.45, 2.75) is 38.4 Å². The van der Waals surface area contributed by atoms with E-state index in [0.717, 1.165) is 25.2 Å². The number of hydrogen-bond acceptors (Lipinski definition) is 5. The highest BCUT2D eigenvalue weighted by Gasteiger charge is 2.34. The Bertz CT molecular complexity index is 653. The predicted octanol–water partition coefficient (Wildman–Crippen LogP) is 2.06. The number of likely N-dealkylation sites (tertiary alicyclic amines) is 1. The molecule has 0 aromatic carbocycles. The van der Waals surface area contributed by atoms with Gasteiger partial charge in [0.05, 0.1) is 18.6 Å². The number of aryl methyl sites for hydroxylation is 1. The summed E-state index contributed by atoms with van der Waals surface area (Å²) in [5, 5.41) is 6.17. The quantitative estimate of drug-likeness (QED) is 0.840. The monoisotopic (exact) mass is 333 g/mol. The molecule has 3 rings (SSSR count). The van der Waals surface area contributed by atoms with Crippen LogP contribution in [0.2, 0.25) is 0 Å². The lowest BCUT2D eigenvalue weighted by molar-refractivity contribution is -0.137. The first kappa shape index (κ1) is 16.1. The second kappa shape index (κ2) is 6.80. The van der Waals surface area contributed by atoms with Crippen LogP contribution in [0.3, 0.4) is 0 Å². The van der Waals surface area contributed by atoms with E-state index in [1.54, 1.807) is 22.3 Å². The summed E-state index contributed by atoms with van der Waals surface area (Å²) in [5.41, 5.74) is 0. The Morgan fingerprint density at radius 1 is 1.57 bits per heavy atom. The first-order valence-corrected chi connectivity index (χ1v) is 8.83. The molecule has 0 unspecified atom stereocenters. The smallest absolute Gasteiger partial charge is 0.240 e. The molecule has 124 valence electrons. The van der Waals surface area contributed by atoms with E-state index in [0.29, 0.717) is 6.54 Å². The average Bonchev–Trinajstić information content (AvgIpc) is 3.27. The Hall–Kier alpha value is -1.73. The molecule has 0 saturated carbocycles. The van der Waals surface area contributed by atoms with Crippen LogP contribution in [0.4, 0.5) is 0 Å². The molecule has 23 heavy (non-hydrogen) atoms. The van der Waals surface area contributed by atoms with Crippen LogP contribution in [-0.4, -0.2) is 50.1 Å². The number of rotatable bonds is 5. The number of likely N-dealkylation sites (N-methyl/N-ethyl adjacent to an activating group) is 1. The molecule has 3 heterocycles. The molecule has 2 aromatic rings. The number of carbonyl (C=O) groups is 1. The lowest BCUT2D eigenvalue weighted by atomic mass is 10.1. The number of carbonyl (C=O) groups excluding carboxylic acids is 1. The molecule has 0 bridgehead atoms. The Balaban J connectivity index is 1.67. The van der Waals surface area contributed by atoms with Crippen molar-refractivity contribution in [2.24, 2.45) is 7.05 Å². The molecule has 0 radical (unpaired) electrons. The molecular formula is C16H23N5OS. The number of aromatic nitrogens is 3. The highest BCUT2D eigenvalue weighted by molar-refractivity contribution is 7.10. The largest absolute Gasteiger partial charge is 0.333 e. The van der Waals surface area contributed by atoms with Crippen molar-refractivity contribution >= 4 is 17.2 Å². The minimum absolute atomic E-state index is 0.174. The fourth-order valence-electron chi connectivity index (χ4n) is 3.06. The Labute approximate surface area is 140 Å². The number of thiophene rings is 1. The van der Waals surface area contributed by atoms with Crippen LogP contribution in [0, 0.1) is 0 Å². The van der Waals surface area contributed by atoms with Crippen LogP contribution in [0.25, 0.3) is 0 Å². The predicted molar refractivity (Wildman–Crippen MR) is 89.9 cm³/mol. The summed E-state index contributed by atoms with van der Waals surface area (Å²) in [6.45, 7) is 3.44. The standard InChI is InChI=1S/C16H23N5OS/c1-12(19(2)10-15-17-11-18-20(15)3)16(22)21-8-4-6-13(21)14-7-5-9-23-14/h5,7,9,11-13H,4,6,8,10H2,1-3H3/t12-,13+/m0/s1.